The van der Waals surface area contributed by atoms with E-state index in [1.807, 2.05) is 43.5 Å². The Bertz CT molecular complexity index is 872. The highest BCUT2D eigenvalue weighted by Crippen LogP contribution is 2.20. The molecule has 0 atom stereocenters. The van der Waals surface area contributed by atoms with Gasteiger partial charge in [0, 0.05) is 47.3 Å². The molecule has 0 aliphatic carbocycles. The standard InChI is InChI=1S/C20H22ClN3O/c1-14-6-7-16(21)12-19(14)22-11-9-20(25)23-10-8-15-13-24-18-5-3-2-4-17(15)18/h2-7,12-13,22,24H,8-11H2,1H3,(H,23,25). The average Bonchev–Trinajstić information content (AvgIpc) is 3.01. The Kier molecular flexibility index (Phi) is 5.61. The molecule has 25 heavy (non-hydrogen) atoms. The monoisotopic (exact) mass is 355 g/mol. The van der Waals surface area contributed by atoms with Crippen molar-refractivity contribution in [1.82, 2.24) is 10.3 Å². The van der Waals surface area contributed by atoms with Gasteiger partial charge >= 0.3 is 0 Å². The van der Waals surface area contributed by atoms with Crippen molar-refractivity contribution in [3.63, 3.8) is 0 Å². The number of carbonyl (C=O) groups excluding carboxylic acids is 1. The van der Waals surface area contributed by atoms with Crippen molar-refractivity contribution in [2.45, 2.75) is 19.8 Å². The van der Waals surface area contributed by atoms with Crippen LogP contribution in [0.2, 0.25) is 5.02 Å². The zero-order valence-corrected chi connectivity index (χ0v) is 15.0. The minimum absolute atomic E-state index is 0.0482. The second kappa shape index (κ2) is 8.08. The lowest BCUT2D eigenvalue weighted by molar-refractivity contribution is -0.120. The summed E-state index contributed by atoms with van der Waals surface area (Å²) in [4.78, 5) is 15.2. The first-order valence-corrected chi connectivity index (χ1v) is 8.83. The van der Waals surface area contributed by atoms with Gasteiger partial charge in [-0.3, -0.25) is 4.79 Å². The molecule has 0 saturated heterocycles. The quantitative estimate of drug-likeness (QED) is 0.592. The Morgan fingerprint density at radius 2 is 2.00 bits per heavy atom. The maximum Gasteiger partial charge on any atom is 0.221 e. The highest BCUT2D eigenvalue weighted by molar-refractivity contribution is 6.30. The van der Waals surface area contributed by atoms with E-state index in [2.05, 4.69) is 27.8 Å². The Labute approximate surface area is 152 Å². The number of aromatic amines is 1. The van der Waals surface area contributed by atoms with Crippen LogP contribution in [0.1, 0.15) is 17.5 Å². The van der Waals surface area contributed by atoms with Crippen LogP contribution in [0, 0.1) is 6.92 Å². The van der Waals surface area contributed by atoms with Gasteiger partial charge in [0.2, 0.25) is 5.91 Å². The molecule has 0 unspecified atom stereocenters. The zero-order chi connectivity index (χ0) is 17.6. The molecule has 0 fully saturated rings. The molecule has 1 heterocycles. The molecule has 0 radical (unpaired) electrons. The molecule has 5 heteroatoms. The molecule has 3 aromatic rings. The summed E-state index contributed by atoms with van der Waals surface area (Å²) in [5.41, 5.74) is 4.44. The van der Waals surface area contributed by atoms with E-state index >= 15 is 0 Å². The van der Waals surface area contributed by atoms with Crippen LogP contribution in [0.3, 0.4) is 0 Å². The van der Waals surface area contributed by atoms with E-state index in [1.54, 1.807) is 0 Å². The third-order valence-electron chi connectivity index (χ3n) is 4.26. The van der Waals surface area contributed by atoms with Gasteiger partial charge in [-0.25, -0.2) is 0 Å². The lowest BCUT2D eigenvalue weighted by Crippen LogP contribution is -2.27. The molecule has 1 aromatic heterocycles. The van der Waals surface area contributed by atoms with E-state index in [9.17, 15) is 4.79 Å². The summed E-state index contributed by atoms with van der Waals surface area (Å²) in [7, 11) is 0. The third kappa shape index (κ3) is 4.54. The first kappa shape index (κ1) is 17.4. The minimum Gasteiger partial charge on any atom is -0.384 e. The minimum atomic E-state index is 0.0482. The molecule has 3 N–H and O–H groups in total. The number of amides is 1. The lowest BCUT2D eigenvalue weighted by Gasteiger charge is -2.10. The summed E-state index contributed by atoms with van der Waals surface area (Å²) in [6.45, 7) is 3.23. The fourth-order valence-corrected chi connectivity index (χ4v) is 3.03. The molecule has 2 aromatic carbocycles. The summed E-state index contributed by atoms with van der Waals surface area (Å²) < 4.78 is 0. The number of benzene rings is 2. The number of hydrogen-bond acceptors (Lipinski definition) is 2. The first-order valence-electron chi connectivity index (χ1n) is 8.45. The van der Waals surface area contributed by atoms with Crippen molar-refractivity contribution in [3.8, 4) is 0 Å². The molecule has 130 valence electrons. The number of aromatic nitrogens is 1. The van der Waals surface area contributed by atoms with E-state index in [1.165, 1.54) is 10.9 Å². The maximum absolute atomic E-state index is 12.0. The predicted molar refractivity (Wildman–Crippen MR) is 104 cm³/mol. The number of anilines is 1. The molecule has 3 rings (SSSR count). The lowest BCUT2D eigenvalue weighted by atomic mass is 10.1. The Balaban J connectivity index is 1.42. The molecular formula is C20H22ClN3O. The van der Waals surface area contributed by atoms with E-state index in [-0.39, 0.29) is 5.91 Å². The van der Waals surface area contributed by atoms with Crippen LogP contribution >= 0.6 is 11.6 Å². The smallest absolute Gasteiger partial charge is 0.221 e. The molecule has 4 nitrogen and oxygen atoms in total. The third-order valence-corrected chi connectivity index (χ3v) is 4.49. The fraction of sp³-hybridized carbons (Fsp3) is 0.250. The number of para-hydroxylation sites is 1. The van der Waals surface area contributed by atoms with Crippen molar-refractivity contribution >= 4 is 34.1 Å². The molecule has 0 spiro atoms. The Morgan fingerprint density at radius 1 is 1.16 bits per heavy atom. The van der Waals surface area contributed by atoms with Gasteiger partial charge < -0.3 is 15.6 Å². The van der Waals surface area contributed by atoms with Crippen LogP contribution in [-0.2, 0) is 11.2 Å². The summed E-state index contributed by atoms with van der Waals surface area (Å²) in [5, 5.41) is 8.15. The molecule has 0 bridgehead atoms. The van der Waals surface area contributed by atoms with Crippen molar-refractivity contribution in [1.29, 1.82) is 0 Å². The number of aryl methyl sites for hydroxylation is 1. The predicted octanol–water partition coefficient (Wildman–Crippen LogP) is 4.29. The zero-order valence-electron chi connectivity index (χ0n) is 14.2. The average molecular weight is 356 g/mol. The van der Waals surface area contributed by atoms with E-state index in [0.717, 1.165) is 23.2 Å². The van der Waals surface area contributed by atoms with E-state index in [4.69, 9.17) is 11.6 Å². The second-order valence-corrected chi connectivity index (χ2v) is 6.53. The fourth-order valence-electron chi connectivity index (χ4n) is 2.86. The van der Waals surface area contributed by atoms with E-state index < -0.39 is 0 Å². The highest BCUT2D eigenvalue weighted by Gasteiger charge is 2.05. The Hall–Kier alpha value is -2.46. The van der Waals surface area contributed by atoms with Gasteiger partial charge in [-0.1, -0.05) is 35.9 Å². The van der Waals surface area contributed by atoms with Gasteiger partial charge in [0.1, 0.15) is 0 Å². The van der Waals surface area contributed by atoms with Gasteiger partial charge in [-0.15, -0.1) is 0 Å². The van der Waals surface area contributed by atoms with Crippen molar-refractivity contribution in [3.05, 3.63) is 64.8 Å². The van der Waals surface area contributed by atoms with Gasteiger partial charge in [0.05, 0.1) is 0 Å². The van der Waals surface area contributed by atoms with Gasteiger partial charge in [0.25, 0.3) is 0 Å². The number of fused-ring (bicyclic) bond motifs is 1. The SMILES string of the molecule is Cc1ccc(Cl)cc1NCCC(=O)NCCc1c[nH]c2ccccc12. The van der Waals surface area contributed by atoms with Crippen molar-refractivity contribution < 1.29 is 4.79 Å². The maximum atomic E-state index is 12.0. The van der Waals surface area contributed by atoms with Crippen molar-refractivity contribution in [2.75, 3.05) is 18.4 Å². The van der Waals surface area contributed by atoms with Crippen LogP contribution in [0.4, 0.5) is 5.69 Å². The number of rotatable bonds is 7. The number of halogens is 1. The summed E-state index contributed by atoms with van der Waals surface area (Å²) in [6.07, 6.45) is 3.26. The number of carbonyl (C=O) groups is 1. The van der Waals surface area contributed by atoms with Crippen LogP contribution in [0.15, 0.2) is 48.7 Å². The second-order valence-electron chi connectivity index (χ2n) is 6.10. The van der Waals surface area contributed by atoms with Gasteiger partial charge in [0.15, 0.2) is 0 Å². The van der Waals surface area contributed by atoms with E-state index in [0.29, 0.717) is 24.5 Å². The normalized spacial score (nSPS) is 10.8. The number of H-pyrrole nitrogens is 1. The molecular weight excluding hydrogens is 334 g/mol. The van der Waals surface area contributed by atoms with Crippen molar-refractivity contribution in [2.24, 2.45) is 0 Å². The first-order chi connectivity index (χ1) is 12.1. The molecule has 0 aliphatic rings. The molecule has 1 amide bonds. The largest absolute Gasteiger partial charge is 0.384 e. The highest BCUT2D eigenvalue weighted by atomic mass is 35.5. The summed E-state index contributed by atoms with van der Waals surface area (Å²) >= 11 is 6.00. The van der Waals surface area contributed by atoms with Crippen LogP contribution in [-0.4, -0.2) is 24.0 Å². The van der Waals surface area contributed by atoms with Crippen LogP contribution < -0.4 is 10.6 Å². The van der Waals surface area contributed by atoms with Crippen LogP contribution in [0.25, 0.3) is 10.9 Å². The number of nitrogens with one attached hydrogen (secondary N) is 3. The Morgan fingerprint density at radius 3 is 2.88 bits per heavy atom. The van der Waals surface area contributed by atoms with Gasteiger partial charge in [-0.05, 0) is 42.7 Å². The van der Waals surface area contributed by atoms with Gasteiger partial charge in [-0.2, -0.15) is 0 Å². The summed E-state index contributed by atoms with van der Waals surface area (Å²) in [5.74, 6) is 0.0482. The van der Waals surface area contributed by atoms with Crippen LogP contribution in [0.5, 0.6) is 0 Å². The molecule has 0 aliphatic heterocycles. The topological polar surface area (TPSA) is 56.9 Å². The summed E-state index contributed by atoms with van der Waals surface area (Å²) in [6, 6.07) is 13.9. The number of hydrogen-bond donors (Lipinski definition) is 3. The molecule has 0 saturated carbocycles.